The number of nitrogens with zero attached hydrogens (tertiary/aromatic N) is 2. The monoisotopic (exact) mass is 305 g/mol. The van der Waals surface area contributed by atoms with Crippen LogP contribution in [0, 0.1) is 6.92 Å². The Labute approximate surface area is 131 Å². The maximum atomic E-state index is 5.78. The number of aromatic nitrogens is 2. The van der Waals surface area contributed by atoms with Gasteiger partial charge in [0.2, 0.25) is 0 Å². The molecule has 0 spiro atoms. The second-order valence-electron chi connectivity index (χ2n) is 5.17. The molecule has 4 nitrogen and oxygen atoms in total. The summed E-state index contributed by atoms with van der Waals surface area (Å²) in [5.74, 6) is 1.57. The summed E-state index contributed by atoms with van der Waals surface area (Å²) in [6.45, 7) is 2.92. The summed E-state index contributed by atoms with van der Waals surface area (Å²) in [6.07, 6.45) is 3.24. The van der Waals surface area contributed by atoms with E-state index in [1.807, 2.05) is 24.3 Å². The van der Waals surface area contributed by atoms with E-state index in [-0.39, 0.29) is 12.4 Å². The summed E-state index contributed by atoms with van der Waals surface area (Å²) >= 11 is 0. The van der Waals surface area contributed by atoms with Crippen LogP contribution in [0.2, 0.25) is 0 Å². The van der Waals surface area contributed by atoms with Gasteiger partial charge in [0.1, 0.15) is 12.4 Å². The first-order valence-electron chi connectivity index (χ1n) is 7.03. The summed E-state index contributed by atoms with van der Waals surface area (Å²) in [5.41, 5.74) is 10.4. The standard InChI is InChI=1S/C16H19N3O.ClH/c1-11-5-7-12(8-6-11)20-10-16-18-14-4-2-3-13(14)15(9-17)19-16;/h5-8H,2-4,9-10,17H2,1H3;1H. The van der Waals surface area contributed by atoms with Crippen molar-refractivity contribution in [2.45, 2.75) is 39.3 Å². The van der Waals surface area contributed by atoms with Crippen LogP contribution in [0.4, 0.5) is 0 Å². The largest absolute Gasteiger partial charge is 0.486 e. The van der Waals surface area contributed by atoms with E-state index in [4.69, 9.17) is 10.5 Å². The molecule has 1 aliphatic rings. The van der Waals surface area contributed by atoms with E-state index >= 15 is 0 Å². The van der Waals surface area contributed by atoms with E-state index in [1.54, 1.807) is 0 Å². The molecule has 5 heteroatoms. The summed E-state index contributed by atoms with van der Waals surface area (Å²) in [7, 11) is 0. The van der Waals surface area contributed by atoms with Crippen LogP contribution in [0.15, 0.2) is 24.3 Å². The van der Waals surface area contributed by atoms with Gasteiger partial charge in [0.25, 0.3) is 0 Å². The lowest BCUT2D eigenvalue weighted by Crippen LogP contribution is -2.11. The van der Waals surface area contributed by atoms with Crippen molar-refractivity contribution in [1.82, 2.24) is 9.97 Å². The summed E-state index contributed by atoms with van der Waals surface area (Å²) in [4.78, 5) is 9.14. The highest BCUT2D eigenvalue weighted by Gasteiger charge is 2.18. The van der Waals surface area contributed by atoms with Crippen molar-refractivity contribution in [1.29, 1.82) is 0 Å². The molecule has 0 unspecified atom stereocenters. The lowest BCUT2D eigenvalue weighted by molar-refractivity contribution is 0.295. The van der Waals surface area contributed by atoms with Gasteiger partial charge >= 0.3 is 0 Å². The molecule has 3 rings (SSSR count). The Morgan fingerprint density at radius 1 is 1.14 bits per heavy atom. The fraction of sp³-hybridized carbons (Fsp3) is 0.375. The van der Waals surface area contributed by atoms with Crippen LogP contribution in [0.1, 0.15) is 34.8 Å². The van der Waals surface area contributed by atoms with Gasteiger partial charge in [-0.2, -0.15) is 0 Å². The topological polar surface area (TPSA) is 61.0 Å². The zero-order valence-corrected chi connectivity index (χ0v) is 12.9. The summed E-state index contributed by atoms with van der Waals surface area (Å²) < 4.78 is 5.74. The number of rotatable bonds is 4. The third kappa shape index (κ3) is 3.52. The Morgan fingerprint density at radius 2 is 1.90 bits per heavy atom. The smallest absolute Gasteiger partial charge is 0.166 e. The average Bonchev–Trinajstić information content (AvgIpc) is 2.94. The Balaban J connectivity index is 0.00000161. The highest BCUT2D eigenvalue weighted by Crippen LogP contribution is 2.23. The molecule has 0 saturated heterocycles. The second-order valence-corrected chi connectivity index (χ2v) is 5.17. The predicted octanol–water partition coefficient (Wildman–Crippen LogP) is 2.73. The SMILES string of the molecule is Cc1ccc(OCc2nc(CN)c3c(n2)CCC3)cc1.Cl. The van der Waals surface area contributed by atoms with Crippen LogP contribution < -0.4 is 10.5 Å². The molecular formula is C16H20ClN3O. The third-order valence-corrected chi connectivity index (χ3v) is 3.65. The van der Waals surface area contributed by atoms with E-state index in [0.717, 1.165) is 42.2 Å². The molecule has 2 aromatic rings. The number of ether oxygens (including phenoxy) is 1. The number of hydrogen-bond donors (Lipinski definition) is 1. The fourth-order valence-electron chi connectivity index (χ4n) is 2.58. The van der Waals surface area contributed by atoms with Gasteiger partial charge < -0.3 is 10.5 Å². The number of nitrogens with two attached hydrogens (primary N) is 1. The molecule has 0 radical (unpaired) electrons. The molecule has 0 aliphatic heterocycles. The second kappa shape index (κ2) is 6.87. The van der Waals surface area contributed by atoms with Crippen LogP contribution in [0.25, 0.3) is 0 Å². The number of hydrogen-bond acceptors (Lipinski definition) is 4. The molecule has 112 valence electrons. The molecule has 2 N–H and O–H groups in total. The molecule has 0 atom stereocenters. The van der Waals surface area contributed by atoms with Crippen LogP contribution in [0.5, 0.6) is 5.75 Å². The predicted molar refractivity (Wildman–Crippen MR) is 84.7 cm³/mol. The highest BCUT2D eigenvalue weighted by molar-refractivity contribution is 5.85. The number of benzene rings is 1. The first-order chi connectivity index (χ1) is 9.76. The van der Waals surface area contributed by atoms with E-state index in [0.29, 0.717) is 13.2 Å². The van der Waals surface area contributed by atoms with Gasteiger partial charge in [-0.25, -0.2) is 9.97 Å². The Morgan fingerprint density at radius 3 is 2.62 bits per heavy atom. The zero-order chi connectivity index (χ0) is 13.9. The van der Waals surface area contributed by atoms with Crippen molar-refractivity contribution in [3.63, 3.8) is 0 Å². The Hall–Kier alpha value is -1.65. The van der Waals surface area contributed by atoms with Gasteiger partial charge in [0, 0.05) is 12.2 Å². The average molecular weight is 306 g/mol. The third-order valence-electron chi connectivity index (χ3n) is 3.65. The first kappa shape index (κ1) is 15.7. The minimum Gasteiger partial charge on any atom is -0.486 e. The lowest BCUT2D eigenvalue weighted by Gasteiger charge is -2.10. The minimum atomic E-state index is 0. The van der Waals surface area contributed by atoms with Gasteiger partial charge in [-0.3, -0.25) is 0 Å². The maximum absolute atomic E-state index is 5.78. The highest BCUT2D eigenvalue weighted by atomic mass is 35.5. The van der Waals surface area contributed by atoms with E-state index < -0.39 is 0 Å². The molecule has 21 heavy (non-hydrogen) atoms. The quantitative estimate of drug-likeness (QED) is 0.943. The van der Waals surface area contributed by atoms with Crippen LogP contribution >= 0.6 is 12.4 Å². The first-order valence-corrected chi connectivity index (χ1v) is 7.03. The van der Waals surface area contributed by atoms with Crippen molar-refractivity contribution >= 4 is 12.4 Å². The van der Waals surface area contributed by atoms with Crippen molar-refractivity contribution in [2.75, 3.05) is 0 Å². The van der Waals surface area contributed by atoms with Crippen molar-refractivity contribution in [2.24, 2.45) is 5.73 Å². The maximum Gasteiger partial charge on any atom is 0.166 e. The van der Waals surface area contributed by atoms with Crippen molar-refractivity contribution < 1.29 is 4.74 Å². The molecular weight excluding hydrogens is 286 g/mol. The molecule has 0 fully saturated rings. The van der Waals surface area contributed by atoms with Gasteiger partial charge in [-0.15, -0.1) is 12.4 Å². The van der Waals surface area contributed by atoms with E-state index in [2.05, 4.69) is 16.9 Å². The Bertz CT molecular complexity index is 614. The van der Waals surface area contributed by atoms with Gasteiger partial charge in [-0.1, -0.05) is 17.7 Å². The zero-order valence-electron chi connectivity index (χ0n) is 12.1. The molecule has 0 amide bonds. The lowest BCUT2D eigenvalue weighted by atomic mass is 10.2. The minimum absolute atomic E-state index is 0. The Kier molecular flexibility index (Phi) is 5.15. The van der Waals surface area contributed by atoms with Gasteiger partial charge in [0.05, 0.1) is 5.69 Å². The number of halogens is 1. The van der Waals surface area contributed by atoms with Gasteiger partial charge in [0.15, 0.2) is 5.82 Å². The normalized spacial score (nSPS) is 12.7. The van der Waals surface area contributed by atoms with E-state index in [9.17, 15) is 0 Å². The molecule has 0 bridgehead atoms. The molecule has 0 saturated carbocycles. The summed E-state index contributed by atoms with van der Waals surface area (Å²) in [5, 5.41) is 0. The molecule has 1 aromatic heterocycles. The number of fused-ring (bicyclic) bond motifs is 1. The van der Waals surface area contributed by atoms with Gasteiger partial charge in [-0.05, 0) is 43.9 Å². The number of aryl methyl sites for hydroxylation is 2. The summed E-state index contributed by atoms with van der Waals surface area (Å²) in [6, 6.07) is 7.99. The molecule has 1 aliphatic carbocycles. The van der Waals surface area contributed by atoms with Crippen LogP contribution in [0.3, 0.4) is 0 Å². The van der Waals surface area contributed by atoms with Crippen LogP contribution in [-0.4, -0.2) is 9.97 Å². The van der Waals surface area contributed by atoms with Crippen molar-refractivity contribution in [3.8, 4) is 5.75 Å². The molecule has 1 aromatic carbocycles. The molecule has 1 heterocycles. The fourth-order valence-corrected chi connectivity index (χ4v) is 2.58. The van der Waals surface area contributed by atoms with E-state index in [1.165, 1.54) is 11.1 Å². The van der Waals surface area contributed by atoms with Crippen molar-refractivity contribution in [3.05, 3.63) is 52.6 Å². The van der Waals surface area contributed by atoms with Crippen LogP contribution in [-0.2, 0) is 26.0 Å².